The molecule has 1 N–H and O–H groups in total. The molecule has 1 fully saturated rings. The van der Waals surface area contributed by atoms with Crippen molar-refractivity contribution in [3.63, 3.8) is 0 Å². The van der Waals surface area contributed by atoms with Crippen LogP contribution in [0.15, 0.2) is 12.3 Å². The van der Waals surface area contributed by atoms with Crippen molar-refractivity contribution < 1.29 is 14.6 Å². The quantitative estimate of drug-likeness (QED) is 0.517. The highest BCUT2D eigenvalue weighted by atomic mass is 16.5. The summed E-state index contributed by atoms with van der Waals surface area (Å²) >= 11 is 0. The molecule has 2 unspecified atom stereocenters. The third-order valence-electron chi connectivity index (χ3n) is 2.49. The first-order valence-corrected chi connectivity index (χ1v) is 4.01. The average Bonchev–Trinajstić information content (AvgIpc) is 2.56. The number of hydrogen-bond acceptors (Lipinski definition) is 3. The van der Waals surface area contributed by atoms with Gasteiger partial charge in [-0.2, -0.15) is 0 Å². The molecule has 0 aromatic carbocycles. The molecule has 1 rings (SSSR count). The Labute approximate surface area is 72.0 Å². The fourth-order valence-corrected chi connectivity index (χ4v) is 1.18. The standard InChI is InChI=1S/C9H14O3/c1-6-4-9(6,3)8(11)12-5-7(2)10/h6,10H,2,4-5H2,1,3H3. The Morgan fingerprint density at radius 1 is 1.83 bits per heavy atom. The van der Waals surface area contributed by atoms with E-state index in [0.717, 1.165) is 6.42 Å². The molecule has 0 spiro atoms. The van der Waals surface area contributed by atoms with Gasteiger partial charge in [0.2, 0.25) is 0 Å². The Morgan fingerprint density at radius 2 is 2.33 bits per heavy atom. The molecule has 2 atom stereocenters. The first-order chi connectivity index (χ1) is 5.47. The van der Waals surface area contributed by atoms with Crippen LogP contribution < -0.4 is 0 Å². The number of aliphatic hydroxyl groups is 1. The van der Waals surface area contributed by atoms with E-state index in [1.807, 2.05) is 13.8 Å². The zero-order valence-electron chi connectivity index (χ0n) is 7.46. The number of carbonyl (C=O) groups is 1. The number of rotatable bonds is 3. The van der Waals surface area contributed by atoms with Crippen LogP contribution in [-0.2, 0) is 9.53 Å². The molecular weight excluding hydrogens is 156 g/mol. The SMILES string of the molecule is C=C(O)COC(=O)C1(C)CC1C. The van der Waals surface area contributed by atoms with E-state index in [4.69, 9.17) is 9.84 Å². The highest BCUT2D eigenvalue weighted by molar-refractivity contribution is 5.80. The molecule has 1 aliphatic rings. The van der Waals surface area contributed by atoms with Gasteiger partial charge in [0.15, 0.2) is 0 Å². The summed E-state index contributed by atoms with van der Waals surface area (Å²) in [6.07, 6.45) is 0.879. The first kappa shape index (κ1) is 9.10. The van der Waals surface area contributed by atoms with E-state index in [2.05, 4.69) is 6.58 Å². The summed E-state index contributed by atoms with van der Waals surface area (Å²) in [4.78, 5) is 11.3. The zero-order chi connectivity index (χ0) is 9.35. The summed E-state index contributed by atoms with van der Waals surface area (Å²) in [5.74, 6) is 0.0578. The maximum absolute atomic E-state index is 11.3. The van der Waals surface area contributed by atoms with Gasteiger partial charge in [-0.25, -0.2) is 0 Å². The van der Waals surface area contributed by atoms with Gasteiger partial charge in [0.1, 0.15) is 12.4 Å². The molecule has 1 aliphatic carbocycles. The molecule has 1 saturated carbocycles. The van der Waals surface area contributed by atoms with E-state index in [-0.39, 0.29) is 23.8 Å². The Morgan fingerprint density at radius 3 is 2.67 bits per heavy atom. The Hall–Kier alpha value is -0.990. The van der Waals surface area contributed by atoms with E-state index in [1.165, 1.54) is 0 Å². The molecule has 12 heavy (non-hydrogen) atoms. The lowest BCUT2D eigenvalue weighted by molar-refractivity contribution is -0.149. The van der Waals surface area contributed by atoms with Crippen molar-refractivity contribution in [2.75, 3.05) is 6.61 Å². The van der Waals surface area contributed by atoms with E-state index in [0.29, 0.717) is 5.92 Å². The second kappa shape index (κ2) is 2.81. The lowest BCUT2D eigenvalue weighted by Crippen LogP contribution is -2.18. The summed E-state index contributed by atoms with van der Waals surface area (Å²) in [6.45, 7) is 7.03. The maximum Gasteiger partial charge on any atom is 0.312 e. The normalized spacial score (nSPS) is 32.7. The largest absolute Gasteiger partial charge is 0.509 e. The van der Waals surface area contributed by atoms with Crippen LogP contribution >= 0.6 is 0 Å². The van der Waals surface area contributed by atoms with Gasteiger partial charge >= 0.3 is 5.97 Å². The lowest BCUT2D eigenvalue weighted by atomic mass is 10.1. The maximum atomic E-state index is 11.3. The van der Waals surface area contributed by atoms with Gasteiger partial charge in [-0.3, -0.25) is 4.79 Å². The predicted molar refractivity (Wildman–Crippen MR) is 44.6 cm³/mol. The molecule has 0 saturated heterocycles. The summed E-state index contributed by atoms with van der Waals surface area (Å²) in [7, 11) is 0. The Bertz CT molecular complexity index is 222. The summed E-state index contributed by atoms with van der Waals surface area (Å²) < 4.78 is 4.81. The molecule has 0 heterocycles. The molecule has 0 amide bonds. The fraction of sp³-hybridized carbons (Fsp3) is 0.667. The van der Waals surface area contributed by atoms with Crippen LogP contribution in [0.3, 0.4) is 0 Å². The van der Waals surface area contributed by atoms with Crippen LogP contribution in [0.4, 0.5) is 0 Å². The van der Waals surface area contributed by atoms with Crippen LogP contribution in [0, 0.1) is 11.3 Å². The van der Waals surface area contributed by atoms with Crippen molar-refractivity contribution in [1.82, 2.24) is 0 Å². The third-order valence-corrected chi connectivity index (χ3v) is 2.49. The molecule has 0 radical (unpaired) electrons. The molecule has 0 aliphatic heterocycles. The number of hydrogen-bond donors (Lipinski definition) is 1. The van der Waals surface area contributed by atoms with E-state index < -0.39 is 0 Å². The van der Waals surface area contributed by atoms with Crippen molar-refractivity contribution in [1.29, 1.82) is 0 Å². The highest BCUT2D eigenvalue weighted by Crippen LogP contribution is 2.52. The van der Waals surface area contributed by atoms with Gasteiger partial charge in [-0.05, 0) is 19.3 Å². The second-order valence-electron chi connectivity index (χ2n) is 3.66. The van der Waals surface area contributed by atoms with Crippen molar-refractivity contribution in [3.05, 3.63) is 12.3 Å². The monoisotopic (exact) mass is 170 g/mol. The highest BCUT2D eigenvalue weighted by Gasteiger charge is 2.54. The van der Waals surface area contributed by atoms with Crippen molar-refractivity contribution in [2.24, 2.45) is 11.3 Å². The molecule has 0 aromatic rings. The van der Waals surface area contributed by atoms with Crippen LogP contribution in [0.5, 0.6) is 0 Å². The molecular formula is C9H14O3. The van der Waals surface area contributed by atoms with E-state index in [9.17, 15) is 4.79 Å². The summed E-state index contributed by atoms with van der Waals surface area (Å²) in [5, 5.41) is 8.68. The summed E-state index contributed by atoms with van der Waals surface area (Å²) in [6, 6.07) is 0. The molecule has 3 heteroatoms. The van der Waals surface area contributed by atoms with Crippen LogP contribution in [0.25, 0.3) is 0 Å². The average molecular weight is 170 g/mol. The van der Waals surface area contributed by atoms with Gasteiger partial charge in [-0.1, -0.05) is 13.5 Å². The predicted octanol–water partition coefficient (Wildman–Crippen LogP) is 1.65. The van der Waals surface area contributed by atoms with Gasteiger partial charge in [0, 0.05) is 0 Å². The number of esters is 1. The van der Waals surface area contributed by atoms with E-state index >= 15 is 0 Å². The third kappa shape index (κ3) is 1.60. The smallest absolute Gasteiger partial charge is 0.312 e. The Balaban J connectivity index is 2.35. The summed E-state index contributed by atoms with van der Waals surface area (Å²) in [5.41, 5.74) is -0.310. The molecule has 0 bridgehead atoms. The minimum atomic E-state index is -0.310. The van der Waals surface area contributed by atoms with Crippen LogP contribution in [0.2, 0.25) is 0 Å². The topological polar surface area (TPSA) is 46.5 Å². The molecule has 0 aromatic heterocycles. The Kier molecular flexibility index (Phi) is 2.13. The van der Waals surface area contributed by atoms with Crippen molar-refractivity contribution in [2.45, 2.75) is 20.3 Å². The van der Waals surface area contributed by atoms with Gasteiger partial charge < -0.3 is 9.84 Å². The number of aliphatic hydroxyl groups excluding tert-OH is 1. The van der Waals surface area contributed by atoms with E-state index in [1.54, 1.807) is 0 Å². The lowest BCUT2D eigenvalue weighted by Gasteiger charge is -2.08. The van der Waals surface area contributed by atoms with Crippen LogP contribution in [-0.4, -0.2) is 17.7 Å². The van der Waals surface area contributed by atoms with Gasteiger partial charge in [-0.15, -0.1) is 0 Å². The van der Waals surface area contributed by atoms with Crippen molar-refractivity contribution >= 4 is 5.97 Å². The minimum Gasteiger partial charge on any atom is -0.509 e. The van der Waals surface area contributed by atoms with Gasteiger partial charge in [0.25, 0.3) is 0 Å². The van der Waals surface area contributed by atoms with Gasteiger partial charge in [0.05, 0.1) is 5.41 Å². The molecule has 3 nitrogen and oxygen atoms in total. The zero-order valence-corrected chi connectivity index (χ0v) is 7.46. The fourth-order valence-electron chi connectivity index (χ4n) is 1.18. The minimum absolute atomic E-state index is 0.0822. The van der Waals surface area contributed by atoms with Crippen molar-refractivity contribution in [3.8, 4) is 0 Å². The second-order valence-corrected chi connectivity index (χ2v) is 3.66. The first-order valence-electron chi connectivity index (χ1n) is 4.01. The number of ether oxygens (including phenoxy) is 1. The molecule has 68 valence electrons. The van der Waals surface area contributed by atoms with Crippen LogP contribution in [0.1, 0.15) is 20.3 Å². The number of carbonyl (C=O) groups excluding carboxylic acids is 1.